The molecule has 1 atom stereocenters. The maximum atomic E-state index is 13.8. The summed E-state index contributed by atoms with van der Waals surface area (Å²) in [7, 11) is 5.07. The summed E-state index contributed by atoms with van der Waals surface area (Å²) in [6, 6.07) is 6.67. The number of aromatic nitrogens is 2. The van der Waals surface area contributed by atoms with Crippen molar-refractivity contribution in [3.8, 4) is 11.5 Å². The first-order valence-electron chi connectivity index (χ1n) is 11.3. The topological polar surface area (TPSA) is 84.1 Å². The zero-order chi connectivity index (χ0) is 25.4. The fourth-order valence-electron chi connectivity index (χ4n) is 4.38. The third-order valence-electron chi connectivity index (χ3n) is 6.35. The van der Waals surface area contributed by atoms with Crippen LogP contribution in [0, 0.1) is 13.8 Å². The van der Waals surface area contributed by atoms with Crippen LogP contribution in [0.25, 0.3) is 6.08 Å². The average molecular weight is 496 g/mol. The van der Waals surface area contributed by atoms with Gasteiger partial charge < -0.3 is 18.8 Å². The number of hydrogen-bond acceptors (Lipinski definition) is 7. The smallest absolute Gasteiger partial charge is 0.338 e. The molecule has 0 saturated carbocycles. The maximum Gasteiger partial charge on any atom is 0.338 e. The van der Waals surface area contributed by atoms with E-state index >= 15 is 0 Å². The second-order valence-electron chi connectivity index (χ2n) is 8.27. The molecule has 0 saturated heterocycles. The molecule has 35 heavy (non-hydrogen) atoms. The first-order chi connectivity index (χ1) is 16.7. The van der Waals surface area contributed by atoms with E-state index < -0.39 is 12.0 Å². The predicted molar refractivity (Wildman–Crippen MR) is 135 cm³/mol. The summed E-state index contributed by atoms with van der Waals surface area (Å²) in [5.74, 6) is 0.424. The first kappa shape index (κ1) is 24.5. The third-order valence-corrected chi connectivity index (χ3v) is 7.33. The summed E-state index contributed by atoms with van der Waals surface area (Å²) in [5, 5.41) is 0. The summed E-state index contributed by atoms with van der Waals surface area (Å²) in [6.45, 7) is 7.75. The maximum absolute atomic E-state index is 13.8. The second-order valence-corrected chi connectivity index (χ2v) is 9.28. The van der Waals surface area contributed by atoms with Crippen LogP contribution in [-0.4, -0.2) is 35.9 Å². The molecule has 1 aromatic carbocycles. The van der Waals surface area contributed by atoms with Gasteiger partial charge in [0, 0.05) is 24.0 Å². The Bertz CT molecular complexity index is 1520. The number of methoxy groups -OCH3 is 2. The van der Waals surface area contributed by atoms with Gasteiger partial charge >= 0.3 is 5.97 Å². The van der Waals surface area contributed by atoms with E-state index in [1.54, 1.807) is 37.7 Å². The predicted octanol–water partition coefficient (Wildman–Crippen LogP) is 2.77. The van der Waals surface area contributed by atoms with Gasteiger partial charge in [0.05, 0.1) is 36.6 Å². The summed E-state index contributed by atoms with van der Waals surface area (Å²) in [4.78, 5) is 32.1. The SMILES string of the molecule is CCOC(=O)C1=C(C)N=c2s/c(=C\c3cc(C)n(C)c3C)c(=O)n2C1c1cccc(OC)c1OC. The van der Waals surface area contributed by atoms with E-state index in [-0.39, 0.29) is 12.2 Å². The second kappa shape index (κ2) is 9.58. The van der Waals surface area contributed by atoms with Crippen LogP contribution >= 0.6 is 11.3 Å². The highest BCUT2D eigenvalue weighted by atomic mass is 32.1. The largest absolute Gasteiger partial charge is 0.493 e. The molecule has 0 N–H and O–H groups in total. The van der Waals surface area contributed by atoms with Crippen molar-refractivity contribution in [2.24, 2.45) is 12.0 Å². The highest BCUT2D eigenvalue weighted by molar-refractivity contribution is 7.07. The van der Waals surface area contributed by atoms with Crippen molar-refractivity contribution >= 4 is 23.4 Å². The number of benzene rings is 1. The Morgan fingerprint density at radius 2 is 1.94 bits per heavy atom. The molecular weight excluding hydrogens is 466 g/mol. The summed E-state index contributed by atoms with van der Waals surface area (Å²) in [5.41, 5.74) is 4.29. The molecule has 1 aliphatic rings. The van der Waals surface area contributed by atoms with Gasteiger partial charge in [-0.15, -0.1) is 0 Å². The minimum Gasteiger partial charge on any atom is -0.493 e. The molecule has 1 aliphatic heterocycles. The van der Waals surface area contributed by atoms with Gasteiger partial charge in [-0.05, 0) is 51.5 Å². The minimum absolute atomic E-state index is 0.203. The molecule has 4 rings (SSSR count). The fraction of sp³-hybridized carbons (Fsp3) is 0.346. The lowest BCUT2D eigenvalue weighted by molar-refractivity contribution is -0.139. The Hall–Kier alpha value is -3.59. The molecule has 0 fully saturated rings. The Labute approximate surface area is 207 Å². The van der Waals surface area contributed by atoms with E-state index in [4.69, 9.17) is 14.2 Å². The third kappa shape index (κ3) is 4.10. The van der Waals surface area contributed by atoms with E-state index in [1.807, 2.05) is 39.1 Å². The van der Waals surface area contributed by atoms with Crippen molar-refractivity contribution in [3.63, 3.8) is 0 Å². The van der Waals surface area contributed by atoms with Crippen LogP contribution in [-0.2, 0) is 16.6 Å². The van der Waals surface area contributed by atoms with E-state index in [1.165, 1.54) is 18.4 Å². The van der Waals surface area contributed by atoms with E-state index in [2.05, 4.69) is 9.56 Å². The Morgan fingerprint density at radius 1 is 1.20 bits per heavy atom. The standard InChI is InChI=1S/C26H29N3O5S/c1-8-34-25(31)21-15(3)27-26-29(22(21)18-10-9-11-19(32-6)23(18)33-7)24(30)20(35-26)13-17-12-14(2)28(5)16(17)4/h9-13,22H,8H2,1-7H3/b20-13-. The molecule has 0 radical (unpaired) electrons. The van der Waals surface area contributed by atoms with Crippen LogP contribution in [0.15, 0.2) is 45.3 Å². The van der Waals surface area contributed by atoms with Crippen LogP contribution in [0.4, 0.5) is 0 Å². The van der Waals surface area contributed by atoms with Crippen molar-refractivity contribution in [3.05, 3.63) is 77.7 Å². The van der Waals surface area contributed by atoms with Gasteiger partial charge in [0.25, 0.3) is 5.56 Å². The van der Waals surface area contributed by atoms with Crippen molar-refractivity contribution in [1.29, 1.82) is 0 Å². The molecule has 8 nitrogen and oxygen atoms in total. The van der Waals surface area contributed by atoms with Crippen molar-refractivity contribution in [2.75, 3.05) is 20.8 Å². The Kier molecular flexibility index (Phi) is 6.71. The minimum atomic E-state index is -0.781. The van der Waals surface area contributed by atoms with Gasteiger partial charge in [-0.25, -0.2) is 9.79 Å². The van der Waals surface area contributed by atoms with Crippen LogP contribution < -0.4 is 24.4 Å². The number of allylic oxidation sites excluding steroid dienone is 1. The van der Waals surface area contributed by atoms with E-state index in [0.29, 0.717) is 37.7 Å². The van der Waals surface area contributed by atoms with Crippen molar-refractivity contribution < 1.29 is 19.0 Å². The zero-order valence-corrected chi connectivity index (χ0v) is 21.8. The van der Waals surface area contributed by atoms with Crippen LogP contribution in [0.3, 0.4) is 0 Å². The quantitative estimate of drug-likeness (QED) is 0.491. The molecule has 3 heterocycles. The van der Waals surface area contributed by atoms with E-state index in [0.717, 1.165) is 17.0 Å². The van der Waals surface area contributed by atoms with Gasteiger partial charge in [-0.3, -0.25) is 9.36 Å². The number of fused-ring (bicyclic) bond motifs is 1. The van der Waals surface area contributed by atoms with Gasteiger partial charge in [-0.2, -0.15) is 0 Å². The lowest BCUT2D eigenvalue weighted by atomic mass is 9.94. The summed E-state index contributed by atoms with van der Waals surface area (Å²) in [6.07, 6.45) is 1.88. The Balaban J connectivity index is 2.04. The number of para-hydroxylation sites is 1. The first-order valence-corrected chi connectivity index (χ1v) is 12.1. The Morgan fingerprint density at radius 3 is 2.54 bits per heavy atom. The highest BCUT2D eigenvalue weighted by Gasteiger charge is 2.35. The van der Waals surface area contributed by atoms with Gasteiger partial charge in [0.15, 0.2) is 16.3 Å². The average Bonchev–Trinajstić information content (AvgIpc) is 3.27. The molecule has 9 heteroatoms. The van der Waals surface area contributed by atoms with Gasteiger partial charge in [0.2, 0.25) is 0 Å². The van der Waals surface area contributed by atoms with Crippen LogP contribution in [0.5, 0.6) is 11.5 Å². The molecule has 0 bridgehead atoms. The number of esters is 1. The number of aryl methyl sites for hydroxylation is 1. The molecule has 2 aromatic heterocycles. The number of nitrogens with zero attached hydrogens (tertiary/aromatic N) is 3. The number of carbonyl (C=O) groups is 1. The van der Waals surface area contributed by atoms with E-state index in [9.17, 15) is 9.59 Å². The summed E-state index contributed by atoms with van der Waals surface area (Å²) < 4.78 is 20.7. The zero-order valence-electron chi connectivity index (χ0n) is 21.0. The molecule has 0 aliphatic carbocycles. The molecule has 0 spiro atoms. The number of carbonyl (C=O) groups excluding carboxylic acids is 1. The molecule has 1 unspecified atom stereocenters. The van der Waals surface area contributed by atoms with Gasteiger partial charge in [0.1, 0.15) is 6.04 Å². The lowest BCUT2D eigenvalue weighted by Gasteiger charge is -2.26. The van der Waals surface area contributed by atoms with Crippen LogP contribution in [0.2, 0.25) is 0 Å². The number of hydrogen-bond donors (Lipinski definition) is 0. The van der Waals surface area contributed by atoms with Crippen LogP contribution in [0.1, 0.15) is 42.4 Å². The normalized spacial score (nSPS) is 15.6. The highest BCUT2D eigenvalue weighted by Crippen LogP contribution is 2.40. The summed E-state index contributed by atoms with van der Waals surface area (Å²) >= 11 is 1.29. The fourth-order valence-corrected chi connectivity index (χ4v) is 5.42. The van der Waals surface area contributed by atoms with Gasteiger partial charge in [-0.1, -0.05) is 23.5 Å². The molecule has 0 amide bonds. The van der Waals surface area contributed by atoms with Crippen molar-refractivity contribution in [2.45, 2.75) is 33.7 Å². The number of rotatable bonds is 6. The lowest BCUT2D eigenvalue weighted by Crippen LogP contribution is -2.40. The molecule has 3 aromatic rings. The molecular formula is C26H29N3O5S. The number of thiazole rings is 1. The molecule has 184 valence electrons. The monoisotopic (exact) mass is 495 g/mol. The van der Waals surface area contributed by atoms with Crippen molar-refractivity contribution in [1.82, 2.24) is 9.13 Å². The number of ether oxygens (including phenoxy) is 3.